The summed E-state index contributed by atoms with van der Waals surface area (Å²) in [5.74, 6) is 0.0172. The number of hydrogen-bond donors (Lipinski definition) is 1. The van der Waals surface area contributed by atoms with Crippen LogP contribution in [0.2, 0.25) is 0 Å². The van der Waals surface area contributed by atoms with Gasteiger partial charge in [-0.1, -0.05) is 74.5 Å². The highest BCUT2D eigenvalue weighted by atomic mass is 32.2. The Morgan fingerprint density at radius 1 is 0.879 bits per heavy atom. The fourth-order valence-corrected chi connectivity index (χ4v) is 5.33. The van der Waals surface area contributed by atoms with Gasteiger partial charge in [-0.25, -0.2) is 8.42 Å². The van der Waals surface area contributed by atoms with Crippen molar-refractivity contribution < 1.29 is 13.2 Å². The lowest BCUT2D eigenvalue weighted by Crippen LogP contribution is -2.42. The van der Waals surface area contributed by atoms with E-state index in [0.717, 1.165) is 23.1 Å². The number of hydrogen-bond acceptors (Lipinski definition) is 3. The van der Waals surface area contributed by atoms with E-state index in [-0.39, 0.29) is 23.4 Å². The summed E-state index contributed by atoms with van der Waals surface area (Å²) in [5, 5.41) is 3.08. The Morgan fingerprint density at radius 2 is 1.48 bits per heavy atom. The molecule has 0 aliphatic heterocycles. The fraction of sp³-hybridized carbons (Fsp3) is 0.296. The number of aryl methyl sites for hydroxylation is 1. The number of sulfonamides is 1. The molecule has 6 heteroatoms. The molecule has 174 valence electrons. The molecule has 0 saturated carbocycles. The lowest BCUT2D eigenvalue weighted by molar-refractivity contribution is -0.120. The average Bonchev–Trinajstić information content (AvgIpc) is 2.80. The highest BCUT2D eigenvalue weighted by Crippen LogP contribution is 2.29. The third kappa shape index (κ3) is 6.02. The van der Waals surface area contributed by atoms with Crippen LogP contribution in [0.1, 0.15) is 43.0 Å². The van der Waals surface area contributed by atoms with Gasteiger partial charge in [-0.05, 0) is 61.1 Å². The molecule has 1 N–H and O–H groups in total. The van der Waals surface area contributed by atoms with Gasteiger partial charge in [0.1, 0.15) is 6.54 Å². The second-order valence-electron chi connectivity index (χ2n) is 8.70. The molecule has 0 bridgehead atoms. The Kier molecular flexibility index (Phi) is 7.92. The zero-order chi connectivity index (χ0) is 24.0. The third-order valence-electron chi connectivity index (χ3n) is 5.71. The number of nitrogens with one attached hydrogen (secondary N) is 1. The van der Waals surface area contributed by atoms with Gasteiger partial charge in [0, 0.05) is 0 Å². The SMILES string of the molecule is Cc1cccc(N(CC(=O)NC(CC(C)C)c2ccccc2)S(=O)(=O)c2ccccc2)c1C. The highest BCUT2D eigenvalue weighted by Gasteiger charge is 2.29. The number of anilines is 1. The Bertz CT molecular complexity index is 1180. The van der Waals surface area contributed by atoms with E-state index in [2.05, 4.69) is 19.2 Å². The average molecular weight is 465 g/mol. The molecule has 0 aliphatic rings. The molecule has 0 aromatic heterocycles. The van der Waals surface area contributed by atoms with Crippen molar-refractivity contribution in [1.29, 1.82) is 0 Å². The van der Waals surface area contributed by atoms with Crippen molar-refractivity contribution >= 4 is 21.6 Å². The second-order valence-corrected chi connectivity index (χ2v) is 10.6. The zero-order valence-corrected chi connectivity index (χ0v) is 20.5. The van der Waals surface area contributed by atoms with Crippen LogP contribution in [0.15, 0.2) is 83.8 Å². The summed E-state index contributed by atoms with van der Waals surface area (Å²) in [6.45, 7) is 7.71. The van der Waals surface area contributed by atoms with E-state index >= 15 is 0 Å². The first-order valence-corrected chi connectivity index (χ1v) is 12.6. The van der Waals surface area contributed by atoms with Gasteiger partial charge in [-0.15, -0.1) is 0 Å². The molecule has 0 radical (unpaired) electrons. The molecule has 0 saturated heterocycles. The largest absolute Gasteiger partial charge is 0.348 e. The van der Waals surface area contributed by atoms with E-state index in [0.29, 0.717) is 11.6 Å². The number of carbonyl (C=O) groups is 1. The summed E-state index contributed by atoms with van der Waals surface area (Å²) in [5.41, 5.74) is 3.30. The molecule has 3 aromatic carbocycles. The van der Waals surface area contributed by atoms with Crippen molar-refractivity contribution in [1.82, 2.24) is 5.32 Å². The van der Waals surface area contributed by atoms with Gasteiger partial charge < -0.3 is 5.32 Å². The minimum absolute atomic E-state index is 0.153. The van der Waals surface area contributed by atoms with Crippen LogP contribution in [0.4, 0.5) is 5.69 Å². The molecule has 0 heterocycles. The van der Waals surface area contributed by atoms with Crippen LogP contribution in [0, 0.1) is 19.8 Å². The first-order valence-electron chi connectivity index (χ1n) is 11.2. The molecule has 1 amide bonds. The maximum absolute atomic E-state index is 13.6. The molecule has 3 rings (SSSR count). The van der Waals surface area contributed by atoms with Crippen molar-refractivity contribution in [2.75, 3.05) is 10.8 Å². The van der Waals surface area contributed by atoms with Crippen LogP contribution in [-0.4, -0.2) is 20.9 Å². The van der Waals surface area contributed by atoms with Gasteiger partial charge in [-0.2, -0.15) is 0 Å². The van der Waals surface area contributed by atoms with Gasteiger partial charge >= 0.3 is 0 Å². The number of benzene rings is 3. The van der Waals surface area contributed by atoms with Gasteiger partial charge in [0.25, 0.3) is 10.0 Å². The number of carbonyl (C=O) groups excluding carboxylic acids is 1. The molecular weight excluding hydrogens is 432 g/mol. The molecule has 0 fully saturated rings. The van der Waals surface area contributed by atoms with Crippen LogP contribution in [0.5, 0.6) is 0 Å². The third-order valence-corrected chi connectivity index (χ3v) is 7.48. The molecule has 1 unspecified atom stereocenters. The van der Waals surface area contributed by atoms with E-state index in [1.807, 2.05) is 56.3 Å². The smallest absolute Gasteiger partial charge is 0.264 e. The lowest BCUT2D eigenvalue weighted by atomic mass is 9.97. The van der Waals surface area contributed by atoms with Crippen molar-refractivity contribution in [3.05, 3.63) is 95.6 Å². The van der Waals surface area contributed by atoms with E-state index in [1.54, 1.807) is 36.4 Å². The molecule has 3 aromatic rings. The van der Waals surface area contributed by atoms with E-state index in [9.17, 15) is 13.2 Å². The minimum atomic E-state index is -3.94. The zero-order valence-electron chi connectivity index (χ0n) is 19.7. The monoisotopic (exact) mass is 464 g/mol. The van der Waals surface area contributed by atoms with Crippen LogP contribution < -0.4 is 9.62 Å². The fourth-order valence-electron chi connectivity index (χ4n) is 3.83. The summed E-state index contributed by atoms with van der Waals surface area (Å²) in [6.07, 6.45) is 0.755. The molecule has 0 aliphatic carbocycles. The maximum atomic E-state index is 13.6. The predicted octanol–water partition coefficient (Wildman–Crippen LogP) is 5.40. The summed E-state index contributed by atoms with van der Waals surface area (Å²) < 4.78 is 28.4. The van der Waals surface area contributed by atoms with E-state index in [4.69, 9.17) is 0 Å². The van der Waals surface area contributed by atoms with Crippen molar-refractivity contribution in [2.24, 2.45) is 5.92 Å². The van der Waals surface area contributed by atoms with Crippen LogP contribution in [0.25, 0.3) is 0 Å². The first-order chi connectivity index (χ1) is 15.7. The Hall–Kier alpha value is -3.12. The first kappa shape index (κ1) is 24.5. The van der Waals surface area contributed by atoms with E-state index < -0.39 is 10.0 Å². The van der Waals surface area contributed by atoms with Crippen LogP contribution >= 0.6 is 0 Å². The van der Waals surface area contributed by atoms with E-state index in [1.165, 1.54) is 4.31 Å². The Morgan fingerprint density at radius 3 is 2.09 bits per heavy atom. The number of nitrogens with zero attached hydrogens (tertiary/aromatic N) is 1. The van der Waals surface area contributed by atoms with Gasteiger partial charge in [0.2, 0.25) is 5.91 Å². The van der Waals surface area contributed by atoms with Gasteiger partial charge in [0.05, 0.1) is 16.6 Å². The van der Waals surface area contributed by atoms with Crippen molar-refractivity contribution in [3.63, 3.8) is 0 Å². The van der Waals surface area contributed by atoms with Crippen LogP contribution in [-0.2, 0) is 14.8 Å². The molecular formula is C27H32N2O3S. The Balaban J connectivity index is 1.96. The predicted molar refractivity (Wildman–Crippen MR) is 134 cm³/mol. The normalized spacial score (nSPS) is 12.4. The standard InChI is InChI=1S/C27H32N2O3S/c1-20(2)18-25(23-13-7-5-8-14-23)28-27(30)19-29(26-17-11-12-21(3)22(26)4)33(31,32)24-15-9-6-10-16-24/h5-17,20,25H,18-19H2,1-4H3,(H,28,30). The van der Waals surface area contributed by atoms with Crippen molar-refractivity contribution in [2.45, 2.75) is 45.1 Å². The quantitative estimate of drug-likeness (QED) is 0.461. The lowest BCUT2D eigenvalue weighted by Gasteiger charge is -2.28. The summed E-state index contributed by atoms with van der Waals surface area (Å²) in [4.78, 5) is 13.4. The summed E-state index contributed by atoms with van der Waals surface area (Å²) in [6, 6.07) is 23.3. The van der Waals surface area contributed by atoms with Gasteiger partial charge in [-0.3, -0.25) is 9.10 Å². The number of rotatable bonds is 9. The Labute approximate surface area is 197 Å². The molecule has 33 heavy (non-hydrogen) atoms. The number of amides is 1. The van der Waals surface area contributed by atoms with Crippen LogP contribution in [0.3, 0.4) is 0 Å². The van der Waals surface area contributed by atoms with Crippen molar-refractivity contribution in [3.8, 4) is 0 Å². The molecule has 0 spiro atoms. The topological polar surface area (TPSA) is 66.5 Å². The van der Waals surface area contributed by atoms with Gasteiger partial charge in [0.15, 0.2) is 0 Å². The molecule has 1 atom stereocenters. The molecule has 5 nitrogen and oxygen atoms in total. The maximum Gasteiger partial charge on any atom is 0.264 e. The second kappa shape index (κ2) is 10.7. The highest BCUT2D eigenvalue weighted by molar-refractivity contribution is 7.92. The minimum Gasteiger partial charge on any atom is -0.348 e. The summed E-state index contributed by atoms with van der Waals surface area (Å²) in [7, 11) is -3.94. The summed E-state index contributed by atoms with van der Waals surface area (Å²) >= 11 is 0.